The molecule has 2 nitrogen and oxygen atoms in total. The molecule has 0 bridgehead atoms. The van der Waals surface area contributed by atoms with E-state index in [-0.39, 0.29) is 6.04 Å². The highest BCUT2D eigenvalue weighted by Crippen LogP contribution is 2.22. The summed E-state index contributed by atoms with van der Waals surface area (Å²) in [5, 5.41) is 0. The molecule has 82 valence electrons. The Kier molecular flexibility index (Phi) is 3.02. The number of aryl methyl sites for hydroxylation is 2. The van der Waals surface area contributed by atoms with Gasteiger partial charge in [0.05, 0.1) is 6.04 Å². The van der Waals surface area contributed by atoms with E-state index < -0.39 is 0 Å². The zero-order valence-electron chi connectivity index (χ0n) is 9.64. The van der Waals surface area contributed by atoms with E-state index in [9.17, 15) is 0 Å². The van der Waals surface area contributed by atoms with Crippen LogP contribution >= 0.6 is 0 Å². The van der Waals surface area contributed by atoms with Gasteiger partial charge in [0.2, 0.25) is 0 Å². The lowest BCUT2D eigenvalue weighted by Crippen LogP contribution is -2.13. The molecule has 0 amide bonds. The van der Waals surface area contributed by atoms with Crippen LogP contribution in [-0.2, 0) is 0 Å². The Hall–Kier alpha value is -1.67. The number of benzene rings is 1. The minimum Gasteiger partial charge on any atom is -0.320 e. The Bertz CT molecular complexity index is 477. The second-order valence-corrected chi connectivity index (χ2v) is 4.12. The second kappa shape index (κ2) is 4.45. The van der Waals surface area contributed by atoms with Crippen molar-refractivity contribution in [2.45, 2.75) is 19.9 Å². The SMILES string of the molecule is Cc1ccc(C)c(C(N)c2ccncc2)c1. The fraction of sp³-hybridized carbons (Fsp3) is 0.214. The number of hydrogen-bond donors (Lipinski definition) is 1. The van der Waals surface area contributed by atoms with Gasteiger partial charge in [0.15, 0.2) is 0 Å². The minimum atomic E-state index is -0.0668. The van der Waals surface area contributed by atoms with Crippen molar-refractivity contribution in [1.82, 2.24) is 4.98 Å². The molecule has 0 aliphatic rings. The molecule has 2 N–H and O–H groups in total. The van der Waals surface area contributed by atoms with Crippen LogP contribution in [0.5, 0.6) is 0 Å². The van der Waals surface area contributed by atoms with Crippen molar-refractivity contribution in [1.29, 1.82) is 0 Å². The topological polar surface area (TPSA) is 38.9 Å². The fourth-order valence-corrected chi connectivity index (χ4v) is 1.85. The molecule has 2 rings (SSSR count). The number of hydrogen-bond acceptors (Lipinski definition) is 2. The third-order valence-corrected chi connectivity index (χ3v) is 2.84. The number of rotatable bonds is 2. The molecule has 1 heterocycles. The quantitative estimate of drug-likeness (QED) is 0.831. The van der Waals surface area contributed by atoms with Crippen LogP contribution in [-0.4, -0.2) is 4.98 Å². The van der Waals surface area contributed by atoms with E-state index in [1.807, 2.05) is 12.1 Å². The molecule has 0 saturated heterocycles. The summed E-state index contributed by atoms with van der Waals surface area (Å²) in [6.07, 6.45) is 3.56. The Balaban J connectivity index is 2.41. The molecule has 0 saturated carbocycles. The summed E-state index contributed by atoms with van der Waals surface area (Å²) >= 11 is 0. The molecule has 16 heavy (non-hydrogen) atoms. The number of nitrogens with zero attached hydrogens (tertiary/aromatic N) is 1. The van der Waals surface area contributed by atoms with Gasteiger partial charge in [-0.2, -0.15) is 0 Å². The van der Waals surface area contributed by atoms with Gasteiger partial charge in [0.25, 0.3) is 0 Å². The third kappa shape index (κ3) is 2.12. The molecule has 1 aromatic carbocycles. The third-order valence-electron chi connectivity index (χ3n) is 2.84. The summed E-state index contributed by atoms with van der Waals surface area (Å²) in [7, 11) is 0. The zero-order valence-corrected chi connectivity index (χ0v) is 9.64. The molecule has 2 aromatic rings. The van der Waals surface area contributed by atoms with Gasteiger partial charge < -0.3 is 5.73 Å². The number of nitrogens with two attached hydrogens (primary N) is 1. The van der Waals surface area contributed by atoms with Crippen LogP contribution in [0.25, 0.3) is 0 Å². The van der Waals surface area contributed by atoms with Gasteiger partial charge in [-0.3, -0.25) is 4.98 Å². The van der Waals surface area contributed by atoms with Crippen LogP contribution < -0.4 is 5.73 Å². The first kappa shape index (κ1) is 10.8. The Morgan fingerprint density at radius 2 is 1.75 bits per heavy atom. The minimum absolute atomic E-state index is 0.0668. The van der Waals surface area contributed by atoms with Gasteiger partial charge in [0.1, 0.15) is 0 Å². The van der Waals surface area contributed by atoms with Crippen molar-refractivity contribution in [2.75, 3.05) is 0 Å². The van der Waals surface area contributed by atoms with Crippen molar-refractivity contribution in [3.63, 3.8) is 0 Å². The first-order valence-electron chi connectivity index (χ1n) is 5.41. The summed E-state index contributed by atoms with van der Waals surface area (Å²) in [5.41, 5.74) is 11.0. The largest absolute Gasteiger partial charge is 0.320 e. The van der Waals surface area contributed by atoms with Gasteiger partial charge >= 0.3 is 0 Å². The van der Waals surface area contributed by atoms with Gasteiger partial charge in [-0.25, -0.2) is 0 Å². The fourth-order valence-electron chi connectivity index (χ4n) is 1.85. The maximum Gasteiger partial charge on any atom is 0.0555 e. The van der Waals surface area contributed by atoms with E-state index in [1.54, 1.807) is 12.4 Å². The van der Waals surface area contributed by atoms with Gasteiger partial charge in [-0.1, -0.05) is 23.8 Å². The predicted molar refractivity (Wildman–Crippen MR) is 66.2 cm³/mol. The summed E-state index contributed by atoms with van der Waals surface area (Å²) < 4.78 is 0. The lowest BCUT2D eigenvalue weighted by Gasteiger charge is -2.15. The van der Waals surface area contributed by atoms with Gasteiger partial charge in [0, 0.05) is 12.4 Å². The molecule has 0 spiro atoms. The van der Waals surface area contributed by atoms with Crippen LogP contribution in [0.3, 0.4) is 0 Å². The standard InChI is InChI=1S/C14H16N2/c1-10-3-4-11(2)13(9-10)14(15)12-5-7-16-8-6-12/h3-9,14H,15H2,1-2H3. The summed E-state index contributed by atoms with van der Waals surface area (Å²) in [6, 6.07) is 10.2. The molecule has 0 aliphatic carbocycles. The predicted octanol–water partition coefficient (Wildman–Crippen LogP) is 2.75. The van der Waals surface area contributed by atoms with Crippen molar-refractivity contribution >= 4 is 0 Å². The molecule has 0 aliphatic heterocycles. The van der Waals surface area contributed by atoms with Gasteiger partial charge in [-0.05, 0) is 42.7 Å². The average molecular weight is 212 g/mol. The van der Waals surface area contributed by atoms with E-state index in [4.69, 9.17) is 5.73 Å². The Morgan fingerprint density at radius 3 is 2.44 bits per heavy atom. The first-order valence-corrected chi connectivity index (χ1v) is 5.41. The van der Waals surface area contributed by atoms with Crippen LogP contribution in [0.4, 0.5) is 0 Å². The maximum absolute atomic E-state index is 6.26. The highest BCUT2D eigenvalue weighted by Gasteiger charge is 2.10. The Morgan fingerprint density at radius 1 is 1.06 bits per heavy atom. The number of pyridine rings is 1. The highest BCUT2D eigenvalue weighted by atomic mass is 14.7. The van der Waals surface area contributed by atoms with E-state index in [2.05, 4.69) is 37.0 Å². The van der Waals surface area contributed by atoms with E-state index in [1.165, 1.54) is 16.7 Å². The smallest absolute Gasteiger partial charge is 0.0555 e. The monoisotopic (exact) mass is 212 g/mol. The second-order valence-electron chi connectivity index (χ2n) is 4.12. The molecule has 2 heteroatoms. The maximum atomic E-state index is 6.26. The molecular formula is C14H16N2. The summed E-state index contributed by atoms with van der Waals surface area (Å²) in [6.45, 7) is 4.18. The highest BCUT2D eigenvalue weighted by molar-refractivity contribution is 5.38. The van der Waals surface area contributed by atoms with Gasteiger partial charge in [-0.15, -0.1) is 0 Å². The lowest BCUT2D eigenvalue weighted by atomic mass is 9.95. The van der Waals surface area contributed by atoms with Crippen LogP contribution in [0.15, 0.2) is 42.7 Å². The first-order chi connectivity index (χ1) is 7.68. The summed E-state index contributed by atoms with van der Waals surface area (Å²) in [5.74, 6) is 0. The average Bonchev–Trinajstić information content (AvgIpc) is 2.32. The molecule has 0 fully saturated rings. The zero-order chi connectivity index (χ0) is 11.5. The van der Waals surface area contributed by atoms with E-state index in [0.29, 0.717) is 0 Å². The number of aromatic nitrogens is 1. The van der Waals surface area contributed by atoms with Crippen LogP contribution in [0.1, 0.15) is 28.3 Å². The van der Waals surface area contributed by atoms with Crippen molar-refractivity contribution in [3.8, 4) is 0 Å². The van der Waals surface area contributed by atoms with E-state index in [0.717, 1.165) is 5.56 Å². The van der Waals surface area contributed by atoms with Crippen molar-refractivity contribution < 1.29 is 0 Å². The molecule has 0 radical (unpaired) electrons. The normalized spacial score (nSPS) is 12.4. The van der Waals surface area contributed by atoms with Crippen molar-refractivity contribution in [2.24, 2.45) is 5.73 Å². The molecular weight excluding hydrogens is 196 g/mol. The molecule has 1 atom stereocenters. The summed E-state index contributed by atoms with van der Waals surface area (Å²) in [4.78, 5) is 4.01. The molecule has 1 unspecified atom stereocenters. The van der Waals surface area contributed by atoms with Crippen LogP contribution in [0, 0.1) is 13.8 Å². The molecule has 1 aromatic heterocycles. The lowest BCUT2D eigenvalue weighted by molar-refractivity contribution is 0.856. The van der Waals surface area contributed by atoms with Crippen LogP contribution in [0.2, 0.25) is 0 Å². The van der Waals surface area contributed by atoms with E-state index >= 15 is 0 Å². The Labute approximate surface area is 96.1 Å². The van der Waals surface area contributed by atoms with Crippen molar-refractivity contribution in [3.05, 3.63) is 65.0 Å².